The summed E-state index contributed by atoms with van der Waals surface area (Å²) in [6.45, 7) is 4.11. The Bertz CT molecular complexity index is 492. The van der Waals surface area contributed by atoms with E-state index < -0.39 is 0 Å². The van der Waals surface area contributed by atoms with Crippen molar-refractivity contribution in [3.05, 3.63) is 34.9 Å². The van der Waals surface area contributed by atoms with Crippen molar-refractivity contribution < 1.29 is 0 Å². The van der Waals surface area contributed by atoms with Crippen molar-refractivity contribution in [3.63, 3.8) is 0 Å². The molecule has 2 aromatic heterocycles. The average molecular weight is 204 g/mol. The van der Waals surface area contributed by atoms with Crippen LogP contribution in [0.3, 0.4) is 0 Å². The van der Waals surface area contributed by atoms with Crippen molar-refractivity contribution in [1.29, 1.82) is 0 Å². The minimum Gasteiger partial charge on any atom is -0.270 e. The van der Waals surface area contributed by atoms with Gasteiger partial charge in [0.05, 0.1) is 11.9 Å². The first kappa shape index (κ1) is 9.64. The molecule has 0 radical (unpaired) electrons. The lowest BCUT2D eigenvalue weighted by atomic mass is 10.2. The summed E-state index contributed by atoms with van der Waals surface area (Å²) in [5, 5.41) is 10.5. The molecule has 1 N–H and O–H groups in total. The van der Waals surface area contributed by atoms with E-state index in [4.69, 9.17) is 0 Å². The summed E-state index contributed by atoms with van der Waals surface area (Å²) in [6, 6.07) is 3.46. The van der Waals surface area contributed by atoms with Crippen molar-refractivity contribution in [3.8, 4) is 11.3 Å². The molecule has 2 rings (SSSR count). The van der Waals surface area contributed by atoms with Gasteiger partial charge in [-0.2, -0.15) is 10.2 Å². The van der Waals surface area contributed by atoms with Crippen molar-refractivity contribution >= 4 is 0 Å². The molecule has 0 aromatic carbocycles. The minimum absolute atomic E-state index is 0.199. The molecule has 15 heavy (non-hydrogen) atoms. The second-order valence-electron chi connectivity index (χ2n) is 3.61. The molecule has 78 valence electrons. The molecule has 0 atom stereocenters. The Morgan fingerprint density at radius 1 is 1.40 bits per heavy atom. The van der Waals surface area contributed by atoms with Crippen molar-refractivity contribution in [1.82, 2.24) is 20.0 Å². The van der Waals surface area contributed by atoms with Crippen LogP contribution in [-0.2, 0) is 0 Å². The Morgan fingerprint density at radius 2 is 2.20 bits per heavy atom. The number of aromatic nitrogens is 4. The van der Waals surface area contributed by atoms with Crippen LogP contribution in [0.15, 0.2) is 29.3 Å². The summed E-state index contributed by atoms with van der Waals surface area (Å²) in [4.78, 5) is 10.8. The Labute approximate surface area is 86.8 Å². The van der Waals surface area contributed by atoms with Crippen molar-refractivity contribution in [2.24, 2.45) is 0 Å². The topological polar surface area (TPSA) is 63.6 Å². The van der Waals surface area contributed by atoms with Crippen LogP contribution < -0.4 is 5.56 Å². The lowest BCUT2D eigenvalue weighted by molar-refractivity contribution is 0.532. The van der Waals surface area contributed by atoms with Gasteiger partial charge in [-0.05, 0) is 19.9 Å². The molecule has 0 aliphatic rings. The van der Waals surface area contributed by atoms with Crippen LogP contribution in [0.25, 0.3) is 11.3 Å². The largest absolute Gasteiger partial charge is 0.270 e. The Balaban J connectivity index is 2.37. The first-order valence-corrected chi connectivity index (χ1v) is 4.77. The molecular formula is C10H12N4O. The van der Waals surface area contributed by atoms with E-state index in [2.05, 4.69) is 29.1 Å². The number of nitrogens with zero attached hydrogens (tertiary/aromatic N) is 3. The normalized spacial score (nSPS) is 10.9. The van der Waals surface area contributed by atoms with Gasteiger partial charge in [-0.25, -0.2) is 5.10 Å². The lowest BCUT2D eigenvalue weighted by Gasteiger charge is -2.02. The molecule has 0 saturated carbocycles. The predicted octanol–water partition coefficient (Wildman–Crippen LogP) is 1.21. The van der Waals surface area contributed by atoms with Gasteiger partial charge < -0.3 is 0 Å². The Hall–Kier alpha value is -1.91. The molecule has 2 heterocycles. The van der Waals surface area contributed by atoms with Crippen LogP contribution in [0.2, 0.25) is 0 Å². The maximum atomic E-state index is 10.8. The molecule has 0 aliphatic heterocycles. The Morgan fingerprint density at radius 3 is 2.73 bits per heavy atom. The molecule has 5 nitrogen and oxygen atoms in total. The van der Waals surface area contributed by atoms with Crippen LogP contribution in [0.1, 0.15) is 19.9 Å². The second-order valence-corrected chi connectivity index (χ2v) is 3.61. The SMILES string of the molecule is CC(C)n1cc(-c2ccc(=O)[nH]n2)cn1. The average Bonchev–Trinajstić information content (AvgIpc) is 2.68. The first-order chi connectivity index (χ1) is 7.16. The quantitative estimate of drug-likeness (QED) is 0.799. The van der Waals surface area contributed by atoms with E-state index in [1.54, 1.807) is 12.3 Å². The van der Waals surface area contributed by atoms with Crippen molar-refractivity contribution in [2.45, 2.75) is 19.9 Å². The number of rotatable bonds is 2. The fraction of sp³-hybridized carbons (Fsp3) is 0.300. The van der Waals surface area contributed by atoms with Gasteiger partial charge in [-0.15, -0.1) is 0 Å². The third kappa shape index (κ3) is 1.96. The van der Waals surface area contributed by atoms with Crippen molar-refractivity contribution in [2.75, 3.05) is 0 Å². The van der Waals surface area contributed by atoms with Gasteiger partial charge in [0.1, 0.15) is 0 Å². The van der Waals surface area contributed by atoms with E-state index >= 15 is 0 Å². The summed E-state index contributed by atoms with van der Waals surface area (Å²) in [5.74, 6) is 0. The van der Waals surface area contributed by atoms with Gasteiger partial charge in [0.15, 0.2) is 0 Å². The van der Waals surface area contributed by atoms with Gasteiger partial charge in [-0.3, -0.25) is 9.48 Å². The summed E-state index contributed by atoms with van der Waals surface area (Å²) in [7, 11) is 0. The van der Waals surface area contributed by atoms with E-state index in [9.17, 15) is 4.79 Å². The number of nitrogens with one attached hydrogen (secondary N) is 1. The van der Waals surface area contributed by atoms with E-state index in [1.165, 1.54) is 6.07 Å². The zero-order chi connectivity index (χ0) is 10.8. The molecule has 0 spiro atoms. The van der Waals surface area contributed by atoms with Crippen LogP contribution >= 0.6 is 0 Å². The standard InChI is InChI=1S/C10H12N4O/c1-7(2)14-6-8(5-11-14)9-3-4-10(15)13-12-9/h3-7H,1-2H3,(H,13,15). The maximum absolute atomic E-state index is 10.8. The zero-order valence-corrected chi connectivity index (χ0v) is 8.64. The highest BCUT2D eigenvalue weighted by Gasteiger charge is 2.04. The molecule has 2 aromatic rings. The van der Waals surface area contributed by atoms with Crippen LogP contribution in [0.4, 0.5) is 0 Å². The van der Waals surface area contributed by atoms with E-state index in [0.29, 0.717) is 6.04 Å². The van der Waals surface area contributed by atoms with Gasteiger partial charge in [0.2, 0.25) is 0 Å². The molecule has 5 heteroatoms. The van der Waals surface area contributed by atoms with Gasteiger partial charge in [0.25, 0.3) is 5.56 Å². The van der Waals surface area contributed by atoms with Gasteiger partial charge in [0, 0.05) is 23.9 Å². The molecule has 0 amide bonds. The smallest absolute Gasteiger partial charge is 0.264 e. The number of hydrogen-bond acceptors (Lipinski definition) is 3. The van der Waals surface area contributed by atoms with Crippen LogP contribution in [-0.4, -0.2) is 20.0 Å². The molecule has 0 aliphatic carbocycles. The summed E-state index contributed by atoms with van der Waals surface area (Å²) in [5.41, 5.74) is 1.43. The summed E-state index contributed by atoms with van der Waals surface area (Å²) in [6.07, 6.45) is 3.64. The number of hydrogen-bond donors (Lipinski definition) is 1. The highest BCUT2D eigenvalue weighted by Crippen LogP contribution is 2.15. The number of aromatic amines is 1. The number of H-pyrrole nitrogens is 1. The van der Waals surface area contributed by atoms with Gasteiger partial charge >= 0.3 is 0 Å². The lowest BCUT2D eigenvalue weighted by Crippen LogP contribution is -2.05. The third-order valence-corrected chi connectivity index (χ3v) is 2.11. The minimum atomic E-state index is -0.199. The van der Waals surface area contributed by atoms with E-state index in [1.807, 2.05) is 10.9 Å². The third-order valence-electron chi connectivity index (χ3n) is 2.11. The van der Waals surface area contributed by atoms with E-state index in [0.717, 1.165) is 11.3 Å². The highest BCUT2D eigenvalue weighted by atomic mass is 16.1. The predicted molar refractivity (Wildman–Crippen MR) is 56.5 cm³/mol. The summed E-state index contributed by atoms with van der Waals surface area (Å²) >= 11 is 0. The van der Waals surface area contributed by atoms with E-state index in [-0.39, 0.29) is 5.56 Å². The first-order valence-electron chi connectivity index (χ1n) is 4.77. The molecule has 0 unspecified atom stereocenters. The molecule has 0 saturated heterocycles. The fourth-order valence-corrected chi connectivity index (χ4v) is 1.26. The van der Waals surface area contributed by atoms with Crippen LogP contribution in [0.5, 0.6) is 0 Å². The van der Waals surface area contributed by atoms with Gasteiger partial charge in [-0.1, -0.05) is 0 Å². The maximum Gasteiger partial charge on any atom is 0.264 e. The summed E-state index contributed by atoms with van der Waals surface area (Å²) < 4.78 is 1.85. The second kappa shape index (κ2) is 3.68. The zero-order valence-electron chi connectivity index (χ0n) is 8.64. The van der Waals surface area contributed by atoms with Crippen LogP contribution in [0, 0.1) is 0 Å². The highest BCUT2D eigenvalue weighted by molar-refractivity contribution is 5.55. The molecular weight excluding hydrogens is 192 g/mol. The fourth-order valence-electron chi connectivity index (χ4n) is 1.26. The molecule has 0 fully saturated rings. The Kier molecular flexibility index (Phi) is 2.37. The monoisotopic (exact) mass is 204 g/mol. The molecule has 0 bridgehead atoms.